The molecule has 41 heavy (non-hydrogen) atoms. The molecule has 2 nitrogen and oxygen atoms in total. The van der Waals surface area contributed by atoms with Gasteiger partial charge in [0.25, 0.3) is 0 Å². The molecule has 0 aliphatic heterocycles. The minimum atomic E-state index is -2.09. The van der Waals surface area contributed by atoms with Crippen LogP contribution >= 0.6 is 0 Å². The quantitative estimate of drug-likeness (QED) is 0.170. The van der Waals surface area contributed by atoms with Crippen molar-refractivity contribution in [3.8, 4) is 22.4 Å². The van der Waals surface area contributed by atoms with E-state index in [1.165, 1.54) is 6.20 Å². The van der Waals surface area contributed by atoms with E-state index >= 15 is 0 Å². The molecule has 200 valence electrons. The zero-order chi connectivity index (χ0) is 30.7. The van der Waals surface area contributed by atoms with Crippen molar-refractivity contribution < 1.29 is 30.0 Å². The van der Waals surface area contributed by atoms with Crippen LogP contribution < -0.4 is 0 Å². The molecular weight excluding hydrogens is 679 g/mol. The Hall–Kier alpha value is -4.30. The van der Waals surface area contributed by atoms with Crippen molar-refractivity contribution in [3.63, 3.8) is 0 Å². The summed E-state index contributed by atoms with van der Waals surface area (Å²) in [6.07, 6.45) is 1.39. The van der Waals surface area contributed by atoms with Crippen LogP contribution in [0.1, 0.15) is 35.0 Å². The van der Waals surface area contributed by atoms with Crippen LogP contribution in [0.2, 0.25) is 0 Å². The van der Waals surface area contributed by atoms with Gasteiger partial charge in [0.1, 0.15) is 5.58 Å². The third kappa shape index (κ3) is 6.23. The number of hydrogen-bond donors (Lipinski definition) is 0. The smallest absolute Gasteiger partial charge is 0.510 e. The van der Waals surface area contributed by atoms with Gasteiger partial charge in [-0.3, -0.25) is 0 Å². The first-order valence-electron chi connectivity index (χ1n) is 15.1. The predicted molar refractivity (Wildman–Crippen MR) is 164 cm³/mol. The van der Waals surface area contributed by atoms with Gasteiger partial charge < -0.3 is 9.40 Å². The second-order valence-electron chi connectivity index (χ2n) is 9.38. The number of hydrogen-bond acceptors (Lipinski definition) is 2. The van der Waals surface area contributed by atoms with Crippen LogP contribution in [0.15, 0.2) is 132 Å². The van der Waals surface area contributed by atoms with Gasteiger partial charge >= 0.3 is 20.1 Å². The Morgan fingerprint density at radius 3 is 2.29 bits per heavy atom. The van der Waals surface area contributed by atoms with E-state index in [0.717, 1.165) is 55.4 Å². The number of pyridine rings is 1. The van der Waals surface area contributed by atoms with E-state index in [1.807, 2.05) is 104 Å². The minimum absolute atomic E-state index is 0. The van der Waals surface area contributed by atoms with E-state index in [4.69, 9.17) is 9.90 Å². The third-order valence-electron chi connectivity index (χ3n) is 6.80. The molecule has 0 fully saturated rings. The maximum absolute atomic E-state index is 8.97. The molecule has 3 heteroatoms. The molecule has 0 saturated heterocycles. The van der Waals surface area contributed by atoms with Crippen LogP contribution in [0.4, 0.5) is 0 Å². The van der Waals surface area contributed by atoms with E-state index in [2.05, 4.69) is 29.2 Å². The number of aromatic nitrogens is 1. The molecule has 0 bridgehead atoms. The summed E-state index contributed by atoms with van der Waals surface area (Å²) < 4.78 is 36.8. The second-order valence-corrected chi connectivity index (χ2v) is 9.38. The molecule has 0 aliphatic rings. The molecule has 2 heterocycles. The summed E-state index contributed by atoms with van der Waals surface area (Å²) >= 11 is 0. The molecule has 0 aliphatic carbocycles. The van der Waals surface area contributed by atoms with Crippen molar-refractivity contribution in [1.29, 1.82) is 0 Å². The Bertz CT molecular complexity index is 2020. The van der Waals surface area contributed by atoms with E-state index in [9.17, 15) is 0 Å². The van der Waals surface area contributed by atoms with Gasteiger partial charge in [-0.15, -0.1) is 53.6 Å². The summed E-state index contributed by atoms with van der Waals surface area (Å²) in [5, 5.41) is 2.17. The molecule has 0 spiro atoms. The SMILES string of the molecule is [2H]C(C)(c1ccccc1)c1cc[c-]c(-c2[c-]ccc3c2oc2ccccc23)c1.[2H]C([2H])([2H])c1ccc(-c2[c-]cccc2)nc1.[Ir+3]. The van der Waals surface area contributed by atoms with E-state index in [0.29, 0.717) is 0 Å². The summed E-state index contributed by atoms with van der Waals surface area (Å²) in [7, 11) is 0. The topological polar surface area (TPSA) is 26.0 Å². The Morgan fingerprint density at radius 2 is 1.51 bits per heavy atom. The van der Waals surface area contributed by atoms with Gasteiger partial charge in [0.15, 0.2) is 0 Å². The molecule has 0 N–H and O–H groups in total. The Labute approximate surface area is 260 Å². The van der Waals surface area contributed by atoms with Crippen LogP contribution in [-0.4, -0.2) is 4.98 Å². The monoisotopic (exact) mass is 711 g/mol. The molecule has 0 saturated carbocycles. The number of furan rings is 1. The number of fused-ring (bicyclic) bond motifs is 3. The number of benzene rings is 5. The second kappa shape index (κ2) is 12.9. The van der Waals surface area contributed by atoms with E-state index < -0.39 is 12.7 Å². The standard InChI is InChI=1S/C26H18O.C12H10N.Ir/c1-18(19-9-3-2-4-10-19)20-11-7-12-21(17-20)22-14-8-15-24-23-13-5-6-16-25(23)27-26(22)24;1-10-7-8-12(13-9-10)11-5-3-2-4-6-11;/h2-11,13,15-18H,1H3;2-5,7-9H,1H3;/q-2;-1;+3/i18D;1D3;. The Morgan fingerprint density at radius 1 is 0.732 bits per heavy atom. The van der Waals surface area contributed by atoms with Gasteiger partial charge in [0, 0.05) is 22.6 Å². The molecule has 1 unspecified atom stereocenters. The molecule has 7 rings (SSSR count). The number of nitrogens with zero attached hydrogens (tertiary/aromatic N) is 1. The zero-order valence-corrected chi connectivity index (χ0v) is 24.7. The van der Waals surface area contributed by atoms with Crippen molar-refractivity contribution in [2.45, 2.75) is 19.7 Å². The first-order chi connectivity index (χ1) is 21.2. The summed E-state index contributed by atoms with van der Waals surface area (Å²) in [6.45, 7) is -0.168. The van der Waals surface area contributed by atoms with Gasteiger partial charge in [-0.05, 0) is 35.6 Å². The van der Waals surface area contributed by atoms with Crippen LogP contribution in [0.5, 0.6) is 0 Å². The van der Waals surface area contributed by atoms with Gasteiger partial charge in [-0.2, -0.15) is 35.9 Å². The maximum Gasteiger partial charge on any atom is 3.00 e. The number of aryl methyl sites for hydroxylation is 1. The summed E-state index contributed by atoms with van der Waals surface area (Å²) in [6, 6.07) is 48.2. The van der Waals surface area contributed by atoms with Crippen molar-refractivity contribution in [1.82, 2.24) is 4.98 Å². The molecule has 0 amide bonds. The fourth-order valence-corrected chi connectivity index (χ4v) is 4.70. The number of para-hydroxylation sites is 1. The average molecular weight is 711 g/mol. The minimum Gasteiger partial charge on any atom is -0.510 e. The van der Waals surface area contributed by atoms with Crippen LogP contribution in [0, 0.1) is 25.1 Å². The van der Waals surface area contributed by atoms with Crippen molar-refractivity contribution in [2.75, 3.05) is 0 Å². The van der Waals surface area contributed by atoms with Crippen molar-refractivity contribution in [3.05, 3.63) is 162 Å². The van der Waals surface area contributed by atoms with Crippen LogP contribution in [0.25, 0.3) is 44.3 Å². The van der Waals surface area contributed by atoms with Crippen LogP contribution in [-0.2, 0) is 20.1 Å². The summed E-state index contributed by atoms with van der Waals surface area (Å²) in [4.78, 5) is 4.12. The fourth-order valence-electron chi connectivity index (χ4n) is 4.70. The summed E-state index contributed by atoms with van der Waals surface area (Å²) in [5.74, 6) is -0.854. The average Bonchev–Trinajstić information content (AvgIpc) is 3.45. The molecule has 5 aromatic carbocycles. The van der Waals surface area contributed by atoms with Gasteiger partial charge in [0.05, 0.1) is 0 Å². The molecule has 1 atom stereocenters. The third-order valence-corrected chi connectivity index (χ3v) is 6.80. The molecule has 7 aromatic rings. The Kier molecular flexibility index (Phi) is 7.37. The number of rotatable bonds is 4. The van der Waals surface area contributed by atoms with Crippen molar-refractivity contribution >= 4 is 21.9 Å². The molecule has 0 radical (unpaired) electrons. The van der Waals surface area contributed by atoms with Gasteiger partial charge in [-0.25, -0.2) is 5.56 Å². The summed E-state index contributed by atoms with van der Waals surface area (Å²) in [5.41, 5.74) is 7.15. The molecule has 2 aromatic heterocycles. The zero-order valence-electron chi connectivity index (χ0n) is 26.3. The largest absolute Gasteiger partial charge is 3.00 e. The van der Waals surface area contributed by atoms with Crippen molar-refractivity contribution in [2.24, 2.45) is 0 Å². The first-order valence-corrected chi connectivity index (χ1v) is 13.1. The maximum atomic E-state index is 8.97. The Balaban J connectivity index is 0.000000202. The van der Waals surface area contributed by atoms with Gasteiger partial charge in [0.2, 0.25) is 0 Å². The van der Waals surface area contributed by atoms with Crippen LogP contribution in [0.3, 0.4) is 0 Å². The fraction of sp³-hybridized carbons (Fsp3) is 0.0789. The normalized spacial score (nSPS) is 13.9. The van der Waals surface area contributed by atoms with E-state index in [-0.39, 0.29) is 25.7 Å². The first kappa shape index (κ1) is 23.4. The van der Waals surface area contributed by atoms with Gasteiger partial charge in [-0.1, -0.05) is 73.0 Å². The van der Waals surface area contributed by atoms with E-state index in [1.54, 1.807) is 18.2 Å². The predicted octanol–water partition coefficient (Wildman–Crippen LogP) is 9.86. The molecular formula is C38H28IrNO.